The summed E-state index contributed by atoms with van der Waals surface area (Å²) >= 11 is 0. The predicted octanol–water partition coefficient (Wildman–Crippen LogP) is 2.81. The molecule has 0 amide bonds. The first-order valence-electron chi connectivity index (χ1n) is 6.94. The number of carbonyl (C=O) groups excluding carboxylic acids is 1. The molecule has 0 bridgehead atoms. The molecule has 4 nitrogen and oxygen atoms in total. The Morgan fingerprint density at radius 3 is 2.57 bits per heavy atom. The van der Waals surface area contributed by atoms with Crippen LogP contribution in [0, 0.1) is 0 Å². The monoisotopic (exact) mass is 334 g/mol. The summed E-state index contributed by atoms with van der Waals surface area (Å²) in [6.07, 6.45) is 1.06. The topological polar surface area (TPSA) is 41.6 Å². The number of carbonyl (C=O) groups is 1. The molecular formula is C15H24Cl2N2O2. The van der Waals surface area contributed by atoms with E-state index in [1.54, 1.807) is 0 Å². The Bertz CT molecular complexity index is 437. The van der Waals surface area contributed by atoms with Crippen LogP contribution in [0.3, 0.4) is 0 Å². The van der Waals surface area contributed by atoms with Gasteiger partial charge in [0.1, 0.15) is 5.75 Å². The van der Waals surface area contributed by atoms with Crippen molar-refractivity contribution in [2.24, 2.45) is 0 Å². The molecular weight excluding hydrogens is 311 g/mol. The van der Waals surface area contributed by atoms with Crippen LogP contribution < -0.4 is 10.1 Å². The second kappa shape index (κ2) is 10.0. The maximum atomic E-state index is 11.0. The highest BCUT2D eigenvalue weighted by Crippen LogP contribution is 2.27. The van der Waals surface area contributed by atoms with Crippen LogP contribution in [0.1, 0.15) is 31.9 Å². The molecule has 1 aliphatic heterocycles. The van der Waals surface area contributed by atoms with Crippen LogP contribution in [-0.4, -0.2) is 37.0 Å². The minimum Gasteiger partial charge on any atom is -0.427 e. The lowest BCUT2D eigenvalue weighted by Gasteiger charge is -2.34. The molecule has 21 heavy (non-hydrogen) atoms. The minimum absolute atomic E-state index is 0. The Morgan fingerprint density at radius 2 is 2.00 bits per heavy atom. The van der Waals surface area contributed by atoms with Gasteiger partial charge in [-0.3, -0.25) is 9.69 Å². The zero-order valence-corrected chi connectivity index (χ0v) is 14.1. The van der Waals surface area contributed by atoms with E-state index in [0.29, 0.717) is 11.8 Å². The molecule has 0 saturated carbocycles. The van der Waals surface area contributed by atoms with Crippen molar-refractivity contribution in [3.63, 3.8) is 0 Å². The third kappa shape index (κ3) is 5.83. The van der Waals surface area contributed by atoms with Gasteiger partial charge in [0.25, 0.3) is 0 Å². The second-order valence-electron chi connectivity index (χ2n) is 4.88. The first-order chi connectivity index (χ1) is 9.20. The first-order valence-corrected chi connectivity index (χ1v) is 6.94. The van der Waals surface area contributed by atoms with Crippen molar-refractivity contribution >= 4 is 30.8 Å². The lowest BCUT2D eigenvalue weighted by atomic mass is 10.0. The first kappa shape index (κ1) is 20.2. The van der Waals surface area contributed by atoms with E-state index in [1.807, 2.05) is 18.2 Å². The van der Waals surface area contributed by atoms with Crippen molar-refractivity contribution in [3.05, 3.63) is 29.8 Å². The molecule has 0 unspecified atom stereocenters. The summed E-state index contributed by atoms with van der Waals surface area (Å²) in [5, 5.41) is 3.37. The highest BCUT2D eigenvalue weighted by molar-refractivity contribution is 5.85. The van der Waals surface area contributed by atoms with Crippen LogP contribution in [0.5, 0.6) is 5.75 Å². The summed E-state index contributed by atoms with van der Waals surface area (Å²) in [6.45, 7) is 7.85. The number of nitrogens with zero attached hydrogens (tertiary/aromatic N) is 1. The van der Waals surface area contributed by atoms with E-state index in [9.17, 15) is 4.79 Å². The van der Waals surface area contributed by atoms with Gasteiger partial charge in [-0.1, -0.05) is 19.1 Å². The van der Waals surface area contributed by atoms with Gasteiger partial charge in [-0.05, 0) is 24.1 Å². The Balaban J connectivity index is 0.00000200. The summed E-state index contributed by atoms with van der Waals surface area (Å²) in [4.78, 5) is 13.5. The van der Waals surface area contributed by atoms with Gasteiger partial charge in [0.05, 0.1) is 0 Å². The molecule has 1 aliphatic rings. The molecule has 1 N–H and O–H groups in total. The Kier molecular flexibility index (Phi) is 9.62. The largest absolute Gasteiger partial charge is 0.427 e. The number of nitrogens with one attached hydrogen (secondary N) is 1. The summed E-state index contributed by atoms with van der Waals surface area (Å²) in [5.74, 6) is 0.367. The van der Waals surface area contributed by atoms with Crippen LogP contribution in [0.15, 0.2) is 24.3 Å². The number of halogens is 2. The standard InChI is InChI=1S/C15H22N2O2.2ClH/c1-3-15(17-9-7-16-8-10-17)13-5-4-6-14(11-13)19-12(2)18;;/h4-6,11,15-16H,3,7-10H2,1-2H3;2*1H/t15-;;/m1../s1. The molecule has 1 aromatic carbocycles. The normalized spacial score (nSPS) is 16.3. The predicted molar refractivity (Wildman–Crippen MR) is 89.7 cm³/mol. The Labute approximate surface area is 139 Å². The van der Waals surface area contributed by atoms with E-state index >= 15 is 0 Å². The average molecular weight is 335 g/mol. The van der Waals surface area contributed by atoms with Crippen LogP contribution >= 0.6 is 24.8 Å². The van der Waals surface area contributed by atoms with Crippen LogP contribution in [-0.2, 0) is 4.79 Å². The van der Waals surface area contributed by atoms with E-state index in [4.69, 9.17) is 4.74 Å². The van der Waals surface area contributed by atoms with E-state index in [1.165, 1.54) is 12.5 Å². The van der Waals surface area contributed by atoms with Gasteiger partial charge < -0.3 is 10.1 Å². The SMILES string of the molecule is CC[C@H](c1cccc(OC(C)=O)c1)N1CCNCC1.Cl.Cl. The van der Waals surface area contributed by atoms with E-state index < -0.39 is 0 Å². The summed E-state index contributed by atoms with van der Waals surface area (Å²) in [6, 6.07) is 8.28. The highest BCUT2D eigenvalue weighted by atomic mass is 35.5. The zero-order valence-electron chi connectivity index (χ0n) is 12.5. The highest BCUT2D eigenvalue weighted by Gasteiger charge is 2.20. The Hall–Kier alpha value is -0.810. The van der Waals surface area contributed by atoms with Crippen LogP contribution in [0.25, 0.3) is 0 Å². The van der Waals surface area contributed by atoms with Crippen LogP contribution in [0.4, 0.5) is 0 Å². The fraction of sp³-hybridized carbons (Fsp3) is 0.533. The zero-order chi connectivity index (χ0) is 13.7. The van der Waals surface area contributed by atoms with Crippen molar-refractivity contribution in [3.8, 4) is 5.75 Å². The molecule has 0 aromatic heterocycles. The number of ether oxygens (including phenoxy) is 1. The third-order valence-electron chi connectivity index (χ3n) is 3.48. The van der Waals surface area contributed by atoms with Crippen molar-refractivity contribution in [1.82, 2.24) is 10.2 Å². The van der Waals surface area contributed by atoms with E-state index in [0.717, 1.165) is 32.6 Å². The smallest absolute Gasteiger partial charge is 0.308 e. The fourth-order valence-corrected chi connectivity index (χ4v) is 2.65. The molecule has 2 rings (SSSR count). The maximum Gasteiger partial charge on any atom is 0.308 e. The molecule has 1 atom stereocenters. The summed E-state index contributed by atoms with van der Waals surface area (Å²) < 4.78 is 5.17. The van der Waals surface area contributed by atoms with Crippen LogP contribution in [0.2, 0.25) is 0 Å². The van der Waals surface area contributed by atoms with Gasteiger partial charge in [-0.15, -0.1) is 24.8 Å². The molecule has 1 fully saturated rings. The molecule has 1 heterocycles. The van der Waals surface area contributed by atoms with Gasteiger partial charge in [-0.25, -0.2) is 0 Å². The summed E-state index contributed by atoms with van der Waals surface area (Å²) in [7, 11) is 0. The second-order valence-corrected chi connectivity index (χ2v) is 4.88. The van der Waals surface area contributed by atoms with Gasteiger partial charge in [0, 0.05) is 39.1 Å². The van der Waals surface area contributed by atoms with Crippen molar-refractivity contribution in [1.29, 1.82) is 0 Å². The number of hydrogen-bond donors (Lipinski definition) is 1. The van der Waals surface area contributed by atoms with Gasteiger partial charge in [0.15, 0.2) is 0 Å². The molecule has 0 radical (unpaired) electrons. The van der Waals surface area contributed by atoms with Gasteiger partial charge in [-0.2, -0.15) is 0 Å². The van der Waals surface area contributed by atoms with Crippen molar-refractivity contribution in [2.75, 3.05) is 26.2 Å². The lowest BCUT2D eigenvalue weighted by Crippen LogP contribution is -2.45. The molecule has 0 aliphatic carbocycles. The van der Waals surface area contributed by atoms with Gasteiger partial charge in [0.2, 0.25) is 0 Å². The Morgan fingerprint density at radius 1 is 1.33 bits per heavy atom. The molecule has 1 aromatic rings. The third-order valence-corrected chi connectivity index (χ3v) is 3.48. The number of esters is 1. The summed E-state index contributed by atoms with van der Waals surface area (Å²) in [5.41, 5.74) is 1.23. The molecule has 6 heteroatoms. The van der Waals surface area contributed by atoms with E-state index in [-0.39, 0.29) is 30.8 Å². The lowest BCUT2D eigenvalue weighted by molar-refractivity contribution is -0.131. The minimum atomic E-state index is -0.271. The van der Waals surface area contributed by atoms with Crippen molar-refractivity contribution < 1.29 is 9.53 Å². The number of rotatable bonds is 4. The number of piperazine rings is 1. The molecule has 0 spiro atoms. The number of benzene rings is 1. The maximum absolute atomic E-state index is 11.0. The average Bonchev–Trinajstić information content (AvgIpc) is 2.40. The number of hydrogen-bond acceptors (Lipinski definition) is 4. The van der Waals surface area contributed by atoms with Gasteiger partial charge >= 0.3 is 5.97 Å². The fourth-order valence-electron chi connectivity index (χ4n) is 2.65. The van der Waals surface area contributed by atoms with E-state index in [2.05, 4.69) is 23.2 Å². The molecule has 1 saturated heterocycles. The quantitative estimate of drug-likeness (QED) is 0.679. The molecule has 120 valence electrons. The van der Waals surface area contributed by atoms with Crippen molar-refractivity contribution in [2.45, 2.75) is 26.3 Å².